The fraction of sp³-hybridized carbons (Fsp3) is 0.750. The number of aliphatic carboxylic acids is 1. The highest BCUT2D eigenvalue weighted by Gasteiger charge is 2.35. The van der Waals surface area contributed by atoms with Gasteiger partial charge in [-0.15, -0.1) is 0 Å². The molecule has 0 aromatic rings. The first-order valence-corrected chi connectivity index (χ1v) is 14.5. The molecule has 0 fully saturated rings. The number of carboxylic acid groups (broad SMARTS) is 1. The van der Waals surface area contributed by atoms with E-state index in [4.69, 9.17) is 16.6 Å². The minimum atomic E-state index is -1.30. The number of nitrogens with one attached hydrogen (secondary N) is 5. The second-order valence-electron chi connectivity index (χ2n) is 12.1. The van der Waals surface area contributed by atoms with E-state index in [0.29, 0.717) is 0 Å². The van der Waals surface area contributed by atoms with E-state index < -0.39 is 89.5 Å². The Labute approximate surface area is 253 Å². The van der Waals surface area contributed by atoms with Gasteiger partial charge in [0.25, 0.3) is 0 Å². The Morgan fingerprint density at radius 3 is 1.30 bits per heavy atom. The largest absolute Gasteiger partial charge is 0.480 e. The minimum absolute atomic E-state index is 0.187. The van der Waals surface area contributed by atoms with Gasteiger partial charge in [0, 0.05) is 6.42 Å². The van der Waals surface area contributed by atoms with Crippen molar-refractivity contribution in [3.05, 3.63) is 0 Å². The van der Waals surface area contributed by atoms with Gasteiger partial charge in [-0.05, 0) is 37.0 Å². The van der Waals surface area contributed by atoms with Crippen LogP contribution in [0.15, 0.2) is 0 Å². The quantitative estimate of drug-likeness (QED) is 0.0916. The van der Waals surface area contributed by atoms with Gasteiger partial charge in [0.15, 0.2) is 0 Å². The van der Waals surface area contributed by atoms with E-state index in [-0.39, 0.29) is 24.7 Å². The Balaban J connectivity index is 5.94. The van der Waals surface area contributed by atoms with Crippen LogP contribution in [0.1, 0.15) is 75.2 Å². The maximum absolute atomic E-state index is 13.4. The Bertz CT molecular complexity index is 1020. The molecule has 10 N–H and O–H groups in total. The van der Waals surface area contributed by atoms with E-state index >= 15 is 0 Å². The third-order valence-electron chi connectivity index (χ3n) is 6.80. The van der Waals surface area contributed by atoms with Gasteiger partial charge < -0.3 is 43.2 Å². The normalized spacial score (nSPS) is 15.6. The van der Waals surface area contributed by atoms with Gasteiger partial charge in [0.1, 0.15) is 30.2 Å². The number of primary amides is 1. The number of carbonyl (C=O) groups excluding carboxylic acids is 6. The fourth-order valence-corrected chi connectivity index (χ4v) is 3.84. The molecule has 246 valence electrons. The average molecular weight is 614 g/mol. The number of carbonyl (C=O) groups is 7. The highest BCUT2D eigenvalue weighted by atomic mass is 16.4. The molecule has 43 heavy (non-hydrogen) atoms. The van der Waals surface area contributed by atoms with Crippen LogP contribution in [0.3, 0.4) is 0 Å². The zero-order chi connectivity index (χ0) is 33.8. The summed E-state index contributed by atoms with van der Waals surface area (Å²) in [6.07, 6.45) is -0.446. The molecule has 0 aliphatic heterocycles. The summed E-state index contributed by atoms with van der Waals surface area (Å²) in [5.41, 5.74) is 11.2. The highest BCUT2D eigenvalue weighted by Crippen LogP contribution is 2.10. The van der Waals surface area contributed by atoms with Crippen LogP contribution in [0.4, 0.5) is 0 Å². The first-order valence-electron chi connectivity index (χ1n) is 14.5. The van der Waals surface area contributed by atoms with Gasteiger partial charge in [0.05, 0.1) is 6.04 Å². The zero-order valence-corrected chi connectivity index (χ0v) is 26.6. The van der Waals surface area contributed by atoms with E-state index in [9.17, 15) is 33.6 Å². The lowest BCUT2D eigenvalue weighted by Gasteiger charge is -2.30. The number of nitrogens with two attached hydrogens (primary N) is 2. The van der Waals surface area contributed by atoms with Crippen molar-refractivity contribution < 1.29 is 38.7 Å². The summed E-state index contributed by atoms with van der Waals surface area (Å²) in [7, 11) is 0. The third kappa shape index (κ3) is 13.4. The number of amides is 6. The summed E-state index contributed by atoms with van der Waals surface area (Å²) in [6.45, 7) is 14.8. The molecular formula is C28H51N7O8. The molecule has 6 amide bonds. The van der Waals surface area contributed by atoms with Crippen molar-refractivity contribution in [2.75, 3.05) is 0 Å². The van der Waals surface area contributed by atoms with Crippen molar-refractivity contribution in [1.29, 1.82) is 0 Å². The van der Waals surface area contributed by atoms with Crippen LogP contribution in [-0.4, -0.2) is 82.8 Å². The number of hydrogen-bond donors (Lipinski definition) is 8. The van der Waals surface area contributed by atoms with Crippen LogP contribution in [0.25, 0.3) is 0 Å². The molecule has 0 aliphatic carbocycles. The van der Waals surface area contributed by atoms with E-state index in [1.807, 2.05) is 0 Å². The molecule has 0 rings (SSSR count). The maximum Gasteiger partial charge on any atom is 0.325 e. The summed E-state index contributed by atoms with van der Waals surface area (Å²) in [5.74, 6) is -6.91. The Kier molecular flexibility index (Phi) is 16.5. The lowest BCUT2D eigenvalue weighted by molar-refractivity contribution is -0.142. The molecule has 0 saturated heterocycles. The van der Waals surface area contributed by atoms with Crippen molar-refractivity contribution in [1.82, 2.24) is 26.6 Å². The molecule has 6 atom stereocenters. The molecular weight excluding hydrogens is 562 g/mol. The molecule has 0 aliphatic rings. The Morgan fingerprint density at radius 2 is 0.930 bits per heavy atom. The van der Waals surface area contributed by atoms with Gasteiger partial charge >= 0.3 is 5.97 Å². The first-order chi connectivity index (χ1) is 19.7. The van der Waals surface area contributed by atoms with E-state index in [2.05, 4.69) is 26.6 Å². The maximum atomic E-state index is 13.4. The second kappa shape index (κ2) is 18.0. The average Bonchev–Trinajstić information content (AvgIpc) is 2.88. The Morgan fingerprint density at radius 1 is 0.558 bits per heavy atom. The molecule has 0 aromatic heterocycles. The molecule has 0 unspecified atom stereocenters. The summed E-state index contributed by atoms with van der Waals surface area (Å²) in [6, 6.07) is -6.68. The van der Waals surface area contributed by atoms with Crippen molar-refractivity contribution in [2.24, 2.45) is 35.1 Å². The standard InChI is InChI=1S/C28H51N7O8/c1-12(2)19(30)24(38)34-21(14(5)6)26(40)32-17(10-11-18(29)36)23(37)33-22(15(7)8)27(41)35-20(13(3)4)25(39)31-16(9)28(42)43/h12-17,19-22H,10-11,30H2,1-9H3,(H2,29,36)(H,31,39)(H,32,40)(H,33,37)(H,34,38)(H,35,41)(H,42,43)/t16-,17-,19-,20-,21-,22-/m0/s1. The van der Waals surface area contributed by atoms with Crippen molar-refractivity contribution in [2.45, 2.75) is 111 Å². The lowest BCUT2D eigenvalue weighted by atomic mass is 9.98. The monoisotopic (exact) mass is 613 g/mol. The lowest BCUT2D eigenvalue weighted by Crippen LogP contribution is -2.61. The molecule has 0 radical (unpaired) electrons. The van der Waals surface area contributed by atoms with Crippen LogP contribution < -0.4 is 38.1 Å². The highest BCUT2D eigenvalue weighted by molar-refractivity contribution is 5.96. The topological polar surface area (TPSA) is 252 Å². The third-order valence-corrected chi connectivity index (χ3v) is 6.80. The summed E-state index contributed by atoms with van der Waals surface area (Å²) in [5, 5.41) is 21.7. The fourth-order valence-electron chi connectivity index (χ4n) is 3.84. The van der Waals surface area contributed by atoms with Crippen LogP contribution in [-0.2, 0) is 33.6 Å². The SMILES string of the molecule is CC(C)[C@H](N)C(=O)N[C@H](C(=O)N[C@@H](CCC(N)=O)C(=O)N[C@H](C(=O)N[C@H](C(=O)N[C@@H](C)C(=O)O)C(C)C)C(C)C)C(C)C. The van der Waals surface area contributed by atoms with Crippen molar-refractivity contribution in [3.63, 3.8) is 0 Å². The van der Waals surface area contributed by atoms with E-state index in [1.165, 1.54) is 6.92 Å². The first kappa shape index (κ1) is 39.2. The molecule has 0 spiro atoms. The van der Waals surface area contributed by atoms with E-state index in [1.54, 1.807) is 55.4 Å². The van der Waals surface area contributed by atoms with Crippen molar-refractivity contribution >= 4 is 41.4 Å². The number of hydrogen-bond acceptors (Lipinski definition) is 8. The minimum Gasteiger partial charge on any atom is -0.480 e. The summed E-state index contributed by atoms with van der Waals surface area (Å²) >= 11 is 0. The number of carboxylic acids is 1. The van der Waals surface area contributed by atoms with Gasteiger partial charge in [-0.2, -0.15) is 0 Å². The van der Waals surface area contributed by atoms with Crippen LogP contribution in [0.5, 0.6) is 0 Å². The number of rotatable bonds is 18. The van der Waals surface area contributed by atoms with Crippen LogP contribution in [0.2, 0.25) is 0 Å². The zero-order valence-electron chi connectivity index (χ0n) is 26.6. The molecule has 15 nitrogen and oxygen atoms in total. The predicted octanol–water partition coefficient (Wildman–Crippen LogP) is -1.27. The smallest absolute Gasteiger partial charge is 0.325 e. The van der Waals surface area contributed by atoms with Crippen molar-refractivity contribution in [3.8, 4) is 0 Å². The molecule has 0 bridgehead atoms. The molecule has 0 heterocycles. The van der Waals surface area contributed by atoms with E-state index in [0.717, 1.165) is 0 Å². The molecule has 0 saturated carbocycles. The van der Waals surface area contributed by atoms with Gasteiger partial charge in [0.2, 0.25) is 35.4 Å². The molecule has 15 heteroatoms. The van der Waals surface area contributed by atoms with Gasteiger partial charge in [-0.25, -0.2) is 0 Å². The summed E-state index contributed by atoms with van der Waals surface area (Å²) < 4.78 is 0. The van der Waals surface area contributed by atoms with Gasteiger partial charge in [-0.3, -0.25) is 33.6 Å². The predicted molar refractivity (Wildman–Crippen MR) is 159 cm³/mol. The van der Waals surface area contributed by atoms with Crippen LogP contribution in [0, 0.1) is 23.7 Å². The Hall–Kier alpha value is -3.75. The van der Waals surface area contributed by atoms with Gasteiger partial charge in [-0.1, -0.05) is 55.4 Å². The summed E-state index contributed by atoms with van der Waals surface area (Å²) in [4.78, 5) is 87.8. The second-order valence-corrected chi connectivity index (χ2v) is 12.1. The van der Waals surface area contributed by atoms with Crippen LogP contribution >= 0.6 is 0 Å². The molecule has 0 aromatic carbocycles.